The molecule has 0 spiro atoms. The van der Waals surface area contributed by atoms with Gasteiger partial charge in [0.2, 0.25) is 0 Å². The van der Waals surface area contributed by atoms with Crippen LogP contribution in [0.5, 0.6) is 0 Å². The van der Waals surface area contributed by atoms with Crippen molar-refractivity contribution in [2.45, 2.75) is 26.2 Å². The number of likely N-dealkylation sites (tertiary alicyclic amines) is 1. The van der Waals surface area contributed by atoms with Gasteiger partial charge in [-0.15, -0.1) is 0 Å². The highest BCUT2D eigenvalue weighted by molar-refractivity contribution is 14.1. The smallest absolute Gasteiger partial charge is 0.253 e. The standard InChI is InChI=1S/C13H20IN3O/c1-11-9-17(14)10-12(11)13(18)15-5-4-8-16-6-2-3-7-16/h9-10H,2-8H2,1H3,(H,15,18). The summed E-state index contributed by atoms with van der Waals surface area (Å²) >= 11 is 2.16. The molecule has 0 atom stereocenters. The lowest BCUT2D eigenvalue weighted by Gasteiger charge is -2.14. The molecule has 0 aliphatic carbocycles. The van der Waals surface area contributed by atoms with Gasteiger partial charge in [-0.1, -0.05) is 0 Å². The third-order valence-electron chi connectivity index (χ3n) is 3.37. The number of amides is 1. The monoisotopic (exact) mass is 361 g/mol. The van der Waals surface area contributed by atoms with Crippen molar-refractivity contribution in [3.05, 3.63) is 23.5 Å². The molecule has 1 aliphatic rings. The van der Waals surface area contributed by atoms with Gasteiger partial charge in [0.15, 0.2) is 0 Å². The first-order valence-electron chi connectivity index (χ1n) is 6.52. The van der Waals surface area contributed by atoms with Gasteiger partial charge in [-0.05, 0) is 51.4 Å². The van der Waals surface area contributed by atoms with Crippen LogP contribution in [0.1, 0.15) is 35.2 Å². The summed E-state index contributed by atoms with van der Waals surface area (Å²) in [5, 5.41) is 2.99. The molecule has 18 heavy (non-hydrogen) atoms. The van der Waals surface area contributed by atoms with Crippen LogP contribution in [-0.4, -0.2) is 39.8 Å². The molecular weight excluding hydrogens is 341 g/mol. The Morgan fingerprint density at radius 2 is 2.11 bits per heavy atom. The number of nitrogens with one attached hydrogen (secondary N) is 1. The molecule has 1 fully saturated rings. The van der Waals surface area contributed by atoms with Gasteiger partial charge >= 0.3 is 0 Å². The van der Waals surface area contributed by atoms with Gasteiger partial charge in [-0.3, -0.25) is 7.58 Å². The predicted octanol–water partition coefficient (Wildman–Crippen LogP) is 2.21. The molecule has 100 valence electrons. The molecule has 2 rings (SSSR count). The minimum atomic E-state index is 0.0457. The Balaban J connectivity index is 1.70. The van der Waals surface area contributed by atoms with E-state index >= 15 is 0 Å². The Labute approximate surface area is 122 Å². The molecule has 1 aliphatic heterocycles. The first kappa shape index (κ1) is 13.9. The third kappa shape index (κ3) is 3.71. The maximum Gasteiger partial charge on any atom is 0.253 e. The third-order valence-corrected chi connectivity index (χ3v) is 3.93. The lowest BCUT2D eigenvalue weighted by Crippen LogP contribution is -2.28. The van der Waals surface area contributed by atoms with Crippen LogP contribution in [0.25, 0.3) is 0 Å². The molecule has 1 N–H and O–H groups in total. The highest BCUT2D eigenvalue weighted by atomic mass is 127. The van der Waals surface area contributed by atoms with E-state index in [1.165, 1.54) is 25.9 Å². The van der Waals surface area contributed by atoms with Gasteiger partial charge in [0.05, 0.1) is 28.4 Å². The second-order valence-corrected chi connectivity index (χ2v) is 5.97. The number of carbonyl (C=O) groups is 1. The van der Waals surface area contributed by atoms with E-state index < -0.39 is 0 Å². The number of rotatable bonds is 5. The number of hydrogen-bond donors (Lipinski definition) is 1. The summed E-state index contributed by atoms with van der Waals surface area (Å²) in [7, 11) is 0. The number of hydrogen-bond acceptors (Lipinski definition) is 2. The summed E-state index contributed by atoms with van der Waals surface area (Å²) < 4.78 is 1.90. The molecule has 0 aromatic carbocycles. The largest absolute Gasteiger partial charge is 0.352 e. The lowest BCUT2D eigenvalue weighted by atomic mass is 10.2. The summed E-state index contributed by atoms with van der Waals surface area (Å²) in [6.45, 7) is 6.29. The molecule has 1 aromatic rings. The number of carbonyl (C=O) groups excluding carboxylic acids is 1. The molecule has 1 aromatic heterocycles. The number of aryl methyl sites for hydroxylation is 1. The minimum Gasteiger partial charge on any atom is -0.352 e. The fraction of sp³-hybridized carbons (Fsp3) is 0.615. The number of nitrogens with zero attached hydrogens (tertiary/aromatic N) is 2. The van der Waals surface area contributed by atoms with Crippen LogP contribution >= 0.6 is 22.9 Å². The number of halogens is 1. The fourth-order valence-corrected chi connectivity index (χ4v) is 3.06. The summed E-state index contributed by atoms with van der Waals surface area (Å²) in [5.74, 6) is 0.0457. The maximum absolute atomic E-state index is 11.9. The number of aromatic nitrogens is 1. The van der Waals surface area contributed by atoms with E-state index in [9.17, 15) is 4.79 Å². The molecule has 0 radical (unpaired) electrons. The Hall–Kier alpha value is -0.560. The SMILES string of the molecule is Cc1cn(I)cc1C(=O)NCCCN1CCCC1. The van der Waals surface area contributed by atoms with Crippen LogP contribution in [0.4, 0.5) is 0 Å². The van der Waals surface area contributed by atoms with E-state index in [0.29, 0.717) is 0 Å². The Morgan fingerprint density at radius 1 is 1.39 bits per heavy atom. The van der Waals surface area contributed by atoms with E-state index in [-0.39, 0.29) is 5.91 Å². The van der Waals surface area contributed by atoms with Crippen LogP contribution in [-0.2, 0) is 0 Å². The van der Waals surface area contributed by atoms with Crippen LogP contribution in [0.15, 0.2) is 12.4 Å². The van der Waals surface area contributed by atoms with Gasteiger partial charge < -0.3 is 10.2 Å². The summed E-state index contributed by atoms with van der Waals surface area (Å²) in [6, 6.07) is 0. The maximum atomic E-state index is 11.9. The molecule has 0 saturated carbocycles. The van der Waals surface area contributed by atoms with E-state index in [2.05, 4.69) is 33.1 Å². The van der Waals surface area contributed by atoms with Gasteiger partial charge in [-0.25, -0.2) is 0 Å². The van der Waals surface area contributed by atoms with Crippen LogP contribution < -0.4 is 5.32 Å². The summed E-state index contributed by atoms with van der Waals surface area (Å²) in [4.78, 5) is 14.4. The van der Waals surface area contributed by atoms with Crippen molar-refractivity contribution in [1.82, 2.24) is 13.0 Å². The van der Waals surface area contributed by atoms with Crippen LogP contribution in [0.2, 0.25) is 0 Å². The fourth-order valence-electron chi connectivity index (χ4n) is 2.36. The zero-order chi connectivity index (χ0) is 13.0. The normalized spacial score (nSPS) is 16.1. The lowest BCUT2D eigenvalue weighted by molar-refractivity contribution is 0.0951. The van der Waals surface area contributed by atoms with Crippen molar-refractivity contribution < 1.29 is 4.79 Å². The van der Waals surface area contributed by atoms with Gasteiger partial charge in [0, 0.05) is 18.9 Å². The average molecular weight is 361 g/mol. The van der Waals surface area contributed by atoms with Crippen LogP contribution in [0.3, 0.4) is 0 Å². The molecule has 2 heterocycles. The topological polar surface area (TPSA) is 37.3 Å². The Bertz CT molecular complexity index is 410. The Kier molecular flexibility index (Phi) is 5.05. The molecule has 1 amide bonds. The van der Waals surface area contributed by atoms with Crippen molar-refractivity contribution in [1.29, 1.82) is 0 Å². The molecule has 0 unspecified atom stereocenters. The van der Waals surface area contributed by atoms with Crippen molar-refractivity contribution in [3.8, 4) is 0 Å². The Morgan fingerprint density at radius 3 is 2.72 bits per heavy atom. The molecule has 0 bridgehead atoms. The van der Waals surface area contributed by atoms with Crippen LogP contribution in [0, 0.1) is 6.92 Å². The van der Waals surface area contributed by atoms with E-state index in [4.69, 9.17) is 0 Å². The second kappa shape index (κ2) is 6.56. The van der Waals surface area contributed by atoms with E-state index in [1.807, 2.05) is 22.1 Å². The average Bonchev–Trinajstić information content (AvgIpc) is 2.94. The van der Waals surface area contributed by atoms with Crippen molar-refractivity contribution >= 4 is 28.8 Å². The second-order valence-electron chi connectivity index (χ2n) is 4.86. The van der Waals surface area contributed by atoms with Gasteiger partial charge in [0.25, 0.3) is 5.91 Å². The highest BCUT2D eigenvalue weighted by Crippen LogP contribution is 2.11. The van der Waals surface area contributed by atoms with Crippen molar-refractivity contribution in [3.63, 3.8) is 0 Å². The quantitative estimate of drug-likeness (QED) is 0.645. The molecule has 1 saturated heterocycles. The van der Waals surface area contributed by atoms with Gasteiger partial charge in [-0.2, -0.15) is 0 Å². The molecular formula is C13H20IN3O. The highest BCUT2D eigenvalue weighted by Gasteiger charge is 2.12. The van der Waals surface area contributed by atoms with Crippen molar-refractivity contribution in [2.24, 2.45) is 0 Å². The first-order valence-corrected chi connectivity index (χ1v) is 7.48. The molecule has 5 heteroatoms. The zero-order valence-corrected chi connectivity index (χ0v) is 12.9. The predicted molar refractivity (Wildman–Crippen MR) is 81.2 cm³/mol. The van der Waals surface area contributed by atoms with Crippen molar-refractivity contribution in [2.75, 3.05) is 26.2 Å². The summed E-state index contributed by atoms with van der Waals surface area (Å²) in [6.07, 6.45) is 7.52. The summed E-state index contributed by atoms with van der Waals surface area (Å²) in [5.41, 5.74) is 1.81. The zero-order valence-electron chi connectivity index (χ0n) is 10.8. The van der Waals surface area contributed by atoms with E-state index in [1.54, 1.807) is 0 Å². The molecule has 4 nitrogen and oxygen atoms in total. The van der Waals surface area contributed by atoms with E-state index in [0.717, 1.165) is 30.6 Å². The first-order chi connectivity index (χ1) is 8.66. The van der Waals surface area contributed by atoms with Gasteiger partial charge in [0.1, 0.15) is 0 Å². The minimum absolute atomic E-state index is 0.0457.